The Labute approximate surface area is 140 Å². The number of ketones is 2. The molecule has 0 radical (unpaired) electrons. The van der Waals surface area contributed by atoms with E-state index in [1.165, 1.54) is 0 Å². The molecule has 6 nitrogen and oxygen atoms in total. The number of hydrogen-bond donors (Lipinski definition) is 0. The number of carbonyl (C=O) groups excluding carboxylic acids is 4. The summed E-state index contributed by atoms with van der Waals surface area (Å²) >= 11 is 0. The first-order valence-electron chi connectivity index (χ1n) is 8.26. The molecule has 0 spiro atoms. The van der Waals surface area contributed by atoms with Gasteiger partial charge in [0.2, 0.25) is 0 Å². The Morgan fingerprint density at radius 2 is 0.917 bits per heavy atom. The number of amides is 2. The lowest BCUT2D eigenvalue weighted by molar-refractivity contribution is -0.121. The van der Waals surface area contributed by atoms with Crippen molar-refractivity contribution in [2.24, 2.45) is 0 Å². The van der Waals surface area contributed by atoms with Gasteiger partial charge in [-0.05, 0) is 24.3 Å². The number of piperidine rings is 2. The van der Waals surface area contributed by atoms with Crippen LogP contribution in [0.4, 0.5) is 0 Å². The Morgan fingerprint density at radius 3 is 1.21 bits per heavy atom. The second-order valence-corrected chi connectivity index (χ2v) is 6.24. The maximum absolute atomic E-state index is 12.4. The molecule has 3 rings (SSSR count). The third kappa shape index (κ3) is 3.53. The molecule has 0 aromatic heterocycles. The summed E-state index contributed by atoms with van der Waals surface area (Å²) in [5.41, 5.74) is 1.05. The highest BCUT2D eigenvalue weighted by Gasteiger charge is 2.24. The van der Waals surface area contributed by atoms with E-state index in [0.29, 0.717) is 63.0 Å². The van der Waals surface area contributed by atoms with Gasteiger partial charge in [-0.25, -0.2) is 0 Å². The molecule has 2 aliphatic heterocycles. The molecule has 6 heteroatoms. The molecule has 0 unspecified atom stereocenters. The van der Waals surface area contributed by atoms with Gasteiger partial charge in [0.15, 0.2) is 0 Å². The molecule has 0 N–H and O–H groups in total. The first-order chi connectivity index (χ1) is 11.5. The summed E-state index contributed by atoms with van der Waals surface area (Å²) in [7, 11) is 0. The molecular formula is C18H20N2O4. The van der Waals surface area contributed by atoms with E-state index in [-0.39, 0.29) is 23.4 Å². The van der Waals surface area contributed by atoms with Crippen molar-refractivity contribution < 1.29 is 19.2 Å². The van der Waals surface area contributed by atoms with E-state index >= 15 is 0 Å². The van der Waals surface area contributed by atoms with Crippen LogP contribution in [0.5, 0.6) is 0 Å². The van der Waals surface area contributed by atoms with Crippen molar-refractivity contribution >= 4 is 23.4 Å². The van der Waals surface area contributed by atoms with Crippen molar-refractivity contribution in [1.29, 1.82) is 0 Å². The Bertz CT molecular complexity index is 602. The van der Waals surface area contributed by atoms with Gasteiger partial charge in [0.25, 0.3) is 11.8 Å². The van der Waals surface area contributed by atoms with Gasteiger partial charge in [0, 0.05) is 63.0 Å². The Kier molecular flexibility index (Phi) is 4.74. The molecule has 0 bridgehead atoms. The summed E-state index contributed by atoms with van der Waals surface area (Å²) in [6.45, 7) is 1.83. The predicted molar refractivity (Wildman–Crippen MR) is 86.7 cm³/mol. The summed E-state index contributed by atoms with van der Waals surface area (Å²) in [4.78, 5) is 50.7. The zero-order valence-electron chi connectivity index (χ0n) is 13.5. The van der Waals surface area contributed by atoms with Gasteiger partial charge >= 0.3 is 0 Å². The van der Waals surface area contributed by atoms with Crippen LogP contribution in [0.3, 0.4) is 0 Å². The molecule has 2 fully saturated rings. The van der Waals surface area contributed by atoms with Crippen LogP contribution in [0, 0.1) is 0 Å². The predicted octanol–water partition coefficient (Wildman–Crippen LogP) is 1.30. The lowest BCUT2D eigenvalue weighted by Gasteiger charge is -2.27. The van der Waals surface area contributed by atoms with E-state index < -0.39 is 0 Å². The Balaban J connectivity index is 1.64. The van der Waals surface area contributed by atoms with E-state index in [9.17, 15) is 19.2 Å². The number of Topliss-reactive ketones (excluding diaryl/α,β-unsaturated/α-hetero) is 2. The van der Waals surface area contributed by atoms with Gasteiger partial charge in [-0.3, -0.25) is 19.2 Å². The molecule has 126 valence electrons. The van der Waals surface area contributed by atoms with Crippen molar-refractivity contribution in [1.82, 2.24) is 9.80 Å². The van der Waals surface area contributed by atoms with Gasteiger partial charge in [0.1, 0.15) is 11.6 Å². The van der Waals surface area contributed by atoms with Gasteiger partial charge < -0.3 is 9.80 Å². The van der Waals surface area contributed by atoms with E-state index in [1.54, 1.807) is 34.1 Å². The topological polar surface area (TPSA) is 74.8 Å². The Morgan fingerprint density at radius 1 is 0.625 bits per heavy atom. The summed E-state index contributed by atoms with van der Waals surface area (Å²) < 4.78 is 0. The number of likely N-dealkylation sites (tertiary alicyclic amines) is 2. The van der Waals surface area contributed by atoms with Crippen molar-refractivity contribution in [3.63, 3.8) is 0 Å². The minimum absolute atomic E-state index is 0.106. The molecule has 1 aromatic carbocycles. The smallest absolute Gasteiger partial charge is 0.253 e. The average Bonchev–Trinajstić information content (AvgIpc) is 2.62. The molecule has 0 saturated carbocycles. The second-order valence-electron chi connectivity index (χ2n) is 6.24. The van der Waals surface area contributed by atoms with E-state index in [2.05, 4.69) is 0 Å². The molecule has 2 heterocycles. The first-order valence-corrected chi connectivity index (χ1v) is 8.26. The molecule has 1 aromatic rings. The third-order valence-corrected chi connectivity index (χ3v) is 4.60. The van der Waals surface area contributed by atoms with Crippen molar-refractivity contribution in [3.8, 4) is 0 Å². The highest BCUT2D eigenvalue weighted by atomic mass is 16.2. The zero-order chi connectivity index (χ0) is 17.1. The molecule has 0 atom stereocenters. The molecule has 24 heavy (non-hydrogen) atoms. The van der Waals surface area contributed by atoms with E-state index in [1.807, 2.05) is 0 Å². The van der Waals surface area contributed by atoms with Crippen LogP contribution in [0.2, 0.25) is 0 Å². The molecular weight excluding hydrogens is 308 g/mol. The van der Waals surface area contributed by atoms with E-state index in [4.69, 9.17) is 0 Å². The summed E-state index contributed by atoms with van der Waals surface area (Å²) in [5.74, 6) is 0.176. The van der Waals surface area contributed by atoms with Crippen LogP contribution >= 0.6 is 0 Å². The zero-order valence-corrected chi connectivity index (χ0v) is 13.5. The van der Waals surface area contributed by atoms with Crippen LogP contribution < -0.4 is 0 Å². The van der Waals surface area contributed by atoms with E-state index in [0.717, 1.165) is 0 Å². The van der Waals surface area contributed by atoms with Crippen LogP contribution in [0.15, 0.2) is 24.3 Å². The fourth-order valence-corrected chi connectivity index (χ4v) is 3.04. The number of rotatable bonds is 2. The maximum Gasteiger partial charge on any atom is 0.253 e. The SMILES string of the molecule is O=C1CCN(C(=O)c2ccc(C(=O)N3CCC(=O)CC3)cc2)CC1. The highest BCUT2D eigenvalue weighted by Crippen LogP contribution is 2.15. The molecule has 2 amide bonds. The minimum atomic E-state index is -0.106. The van der Waals surface area contributed by atoms with Gasteiger partial charge in [0.05, 0.1) is 0 Å². The summed E-state index contributed by atoms with van der Waals surface area (Å²) in [6.07, 6.45) is 1.65. The number of hydrogen-bond acceptors (Lipinski definition) is 4. The maximum atomic E-state index is 12.4. The molecule has 2 aliphatic rings. The van der Waals surface area contributed by atoms with Crippen LogP contribution in [0.25, 0.3) is 0 Å². The monoisotopic (exact) mass is 328 g/mol. The standard InChI is InChI=1S/C18H20N2O4/c21-15-5-9-19(10-6-15)17(23)13-1-2-14(4-3-13)18(24)20-11-7-16(22)8-12-20/h1-4H,5-12H2. The average molecular weight is 328 g/mol. The summed E-state index contributed by atoms with van der Waals surface area (Å²) in [6, 6.07) is 6.62. The lowest BCUT2D eigenvalue weighted by atomic mass is 10.1. The fraction of sp³-hybridized carbons (Fsp3) is 0.444. The van der Waals surface area contributed by atoms with Gasteiger partial charge in [-0.2, -0.15) is 0 Å². The van der Waals surface area contributed by atoms with Crippen molar-refractivity contribution in [2.45, 2.75) is 25.7 Å². The molecule has 2 saturated heterocycles. The van der Waals surface area contributed by atoms with Gasteiger partial charge in [-0.15, -0.1) is 0 Å². The Hall–Kier alpha value is -2.50. The van der Waals surface area contributed by atoms with Crippen LogP contribution in [0.1, 0.15) is 46.4 Å². The van der Waals surface area contributed by atoms with Crippen molar-refractivity contribution in [3.05, 3.63) is 35.4 Å². The van der Waals surface area contributed by atoms with Crippen LogP contribution in [-0.2, 0) is 9.59 Å². The lowest BCUT2D eigenvalue weighted by Crippen LogP contribution is -2.39. The largest absolute Gasteiger partial charge is 0.338 e. The second kappa shape index (κ2) is 6.95. The summed E-state index contributed by atoms with van der Waals surface area (Å²) in [5, 5.41) is 0. The first kappa shape index (κ1) is 16.4. The molecule has 0 aliphatic carbocycles. The number of carbonyl (C=O) groups is 4. The third-order valence-electron chi connectivity index (χ3n) is 4.60. The number of nitrogens with zero attached hydrogens (tertiary/aromatic N) is 2. The quantitative estimate of drug-likeness (QED) is 0.820. The normalized spacial score (nSPS) is 18.7. The number of benzene rings is 1. The van der Waals surface area contributed by atoms with Crippen molar-refractivity contribution in [2.75, 3.05) is 26.2 Å². The van der Waals surface area contributed by atoms with Crippen LogP contribution in [-0.4, -0.2) is 59.4 Å². The van der Waals surface area contributed by atoms with Gasteiger partial charge in [-0.1, -0.05) is 0 Å². The minimum Gasteiger partial charge on any atom is -0.338 e. The highest BCUT2D eigenvalue weighted by molar-refractivity contribution is 5.99. The fourth-order valence-electron chi connectivity index (χ4n) is 3.04.